The lowest BCUT2D eigenvalue weighted by molar-refractivity contribution is -0.148. The SMILES string of the molecule is O=C(OCCc1ccccc1)[C@H]1CC(=O)N(c2ccc(OCc3ccccc3)cc2)C1. The maximum Gasteiger partial charge on any atom is 0.311 e. The molecule has 0 aliphatic carbocycles. The third-order valence-electron chi connectivity index (χ3n) is 5.33. The summed E-state index contributed by atoms with van der Waals surface area (Å²) in [5.41, 5.74) is 2.97. The third-order valence-corrected chi connectivity index (χ3v) is 5.33. The molecule has 0 radical (unpaired) electrons. The van der Waals surface area contributed by atoms with E-state index in [1.54, 1.807) is 4.90 Å². The molecule has 0 spiro atoms. The molecule has 1 fully saturated rings. The predicted molar refractivity (Wildman–Crippen MR) is 119 cm³/mol. The van der Waals surface area contributed by atoms with Gasteiger partial charge in [-0.05, 0) is 35.4 Å². The van der Waals surface area contributed by atoms with Crippen LogP contribution in [0.25, 0.3) is 0 Å². The van der Waals surface area contributed by atoms with Crippen molar-refractivity contribution in [1.82, 2.24) is 0 Å². The Morgan fingerprint density at radius 1 is 0.871 bits per heavy atom. The first-order valence-electron chi connectivity index (χ1n) is 10.5. The Labute approximate surface area is 182 Å². The van der Waals surface area contributed by atoms with Crippen molar-refractivity contribution in [2.75, 3.05) is 18.1 Å². The van der Waals surface area contributed by atoms with Gasteiger partial charge in [0, 0.05) is 25.1 Å². The van der Waals surface area contributed by atoms with Gasteiger partial charge in [-0.25, -0.2) is 0 Å². The van der Waals surface area contributed by atoms with E-state index in [9.17, 15) is 9.59 Å². The van der Waals surface area contributed by atoms with E-state index in [1.165, 1.54) is 0 Å². The number of carbonyl (C=O) groups is 2. The summed E-state index contributed by atoms with van der Waals surface area (Å²) in [5.74, 6) is -0.0778. The number of rotatable bonds is 8. The van der Waals surface area contributed by atoms with Crippen molar-refractivity contribution in [2.45, 2.75) is 19.4 Å². The topological polar surface area (TPSA) is 55.8 Å². The van der Waals surface area contributed by atoms with Crippen LogP contribution < -0.4 is 9.64 Å². The molecule has 1 amide bonds. The molecular weight excluding hydrogens is 390 g/mol. The highest BCUT2D eigenvalue weighted by Gasteiger charge is 2.36. The summed E-state index contributed by atoms with van der Waals surface area (Å²) in [6.07, 6.45) is 0.845. The van der Waals surface area contributed by atoms with Crippen LogP contribution in [-0.2, 0) is 27.4 Å². The van der Waals surface area contributed by atoms with Gasteiger partial charge < -0.3 is 14.4 Å². The number of carbonyl (C=O) groups excluding carboxylic acids is 2. The van der Waals surface area contributed by atoms with Crippen LogP contribution in [0.5, 0.6) is 5.75 Å². The van der Waals surface area contributed by atoms with Crippen molar-refractivity contribution in [1.29, 1.82) is 0 Å². The van der Waals surface area contributed by atoms with Crippen molar-refractivity contribution < 1.29 is 19.1 Å². The van der Waals surface area contributed by atoms with Crippen molar-refractivity contribution in [3.05, 3.63) is 96.1 Å². The van der Waals surface area contributed by atoms with Gasteiger partial charge in [0.2, 0.25) is 5.91 Å². The summed E-state index contributed by atoms with van der Waals surface area (Å²) in [7, 11) is 0. The number of hydrogen-bond acceptors (Lipinski definition) is 4. The Morgan fingerprint density at radius 3 is 2.19 bits per heavy atom. The van der Waals surface area contributed by atoms with Gasteiger partial charge in [0.15, 0.2) is 0 Å². The van der Waals surface area contributed by atoms with E-state index >= 15 is 0 Å². The smallest absolute Gasteiger partial charge is 0.311 e. The van der Waals surface area contributed by atoms with Crippen LogP contribution in [0.3, 0.4) is 0 Å². The first-order valence-corrected chi connectivity index (χ1v) is 10.5. The molecule has 158 valence electrons. The quantitative estimate of drug-likeness (QED) is 0.512. The molecule has 5 heteroatoms. The van der Waals surface area contributed by atoms with Gasteiger partial charge in [-0.2, -0.15) is 0 Å². The monoisotopic (exact) mass is 415 g/mol. The van der Waals surface area contributed by atoms with Gasteiger partial charge in [-0.3, -0.25) is 9.59 Å². The van der Waals surface area contributed by atoms with E-state index < -0.39 is 5.92 Å². The molecule has 31 heavy (non-hydrogen) atoms. The van der Waals surface area contributed by atoms with Crippen LogP contribution in [0.1, 0.15) is 17.5 Å². The van der Waals surface area contributed by atoms with Crippen molar-refractivity contribution >= 4 is 17.6 Å². The molecule has 0 N–H and O–H groups in total. The Bertz CT molecular complexity index is 1000. The van der Waals surface area contributed by atoms with Crippen LogP contribution in [0.4, 0.5) is 5.69 Å². The first kappa shape index (κ1) is 20.7. The number of ether oxygens (including phenoxy) is 2. The second kappa shape index (κ2) is 9.94. The standard InChI is InChI=1S/C26H25NO4/c28-25-17-22(26(29)30-16-15-20-7-3-1-4-8-20)18-27(25)23-11-13-24(14-12-23)31-19-21-9-5-2-6-10-21/h1-14,22H,15-19H2/t22-/m0/s1. The van der Waals surface area contributed by atoms with Crippen LogP contribution in [0.2, 0.25) is 0 Å². The average Bonchev–Trinajstić information content (AvgIpc) is 3.21. The average molecular weight is 415 g/mol. The minimum Gasteiger partial charge on any atom is -0.489 e. The Morgan fingerprint density at radius 2 is 1.52 bits per heavy atom. The molecule has 3 aromatic carbocycles. The Hall–Kier alpha value is -3.60. The summed E-state index contributed by atoms with van der Waals surface area (Å²) in [5, 5.41) is 0. The first-order chi connectivity index (χ1) is 15.2. The highest BCUT2D eigenvalue weighted by molar-refractivity contribution is 5.99. The number of anilines is 1. The number of benzene rings is 3. The van der Waals surface area contributed by atoms with Crippen molar-refractivity contribution in [3.63, 3.8) is 0 Å². The van der Waals surface area contributed by atoms with Crippen LogP contribution in [0.15, 0.2) is 84.9 Å². The summed E-state index contributed by atoms with van der Waals surface area (Å²) in [6.45, 7) is 1.15. The van der Waals surface area contributed by atoms with Gasteiger partial charge in [0.05, 0.1) is 12.5 Å². The maximum atomic E-state index is 12.5. The fourth-order valence-electron chi connectivity index (χ4n) is 3.61. The molecule has 0 aromatic heterocycles. The van der Waals surface area contributed by atoms with Crippen LogP contribution in [0, 0.1) is 5.92 Å². The fourth-order valence-corrected chi connectivity index (χ4v) is 3.61. The number of amides is 1. The predicted octanol–water partition coefficient (Wildman–Crippen LogP) is 4.40. The van der Waals surface area contributed by atoms with E-state index in [4.69, 9.17) is 9.47 Å². The minimum atomic E-state index is -0.433. The zero-order valence-electron chi connectivity index (χ0n) is 17.3. The van der Waals surface area contributed by atoms with Crippen LogP contribution >= 0.6 is 0 Å². The minimum absolute atomic E-state index is 0.0667. The Kier molecular flexibility index (Phi) is 6.62. The molecule has 0 saturated carbocycles. The van der Waals surface area contributed by atoms with Gasteiger partial charge in [0.25, 0.3) is 0 Å². The summed E-state index contributed by atoms with van der Waals surface area (Å²) in [6, 6.07) is 27.2. The largest absolute Gasteiger partial charge is 0.489 e. The lowest BCUT2D eigenvalue weighted by Crippen LogP contribution is -2.26. The van der Waals surface area contributed by atoms with E-state index in [2.05, 4.69) is 0 Å². The second-order valence-electron chi connectivity index (χ2n) is 7.58. The third kappa shape index (κ3) is 5.51. The summed E-state index contributed by atoms with van der Waals surface area (Å²) < 4.78 is 11.2. The molecule has 1 aliphatic heterocycles. The molecule has 1 heterocycles. The molecule has 1 atom stereocenters. The van der Waals surface area contributed by atoms with E-state index in [0.29, 0.717) is 26.2 Å². The second-order valence-corrected chi connectivity index (χ2v) is 7.58. The van der Waals surface area contributed by atoms with E-state index in [0.717, 1.165) is 22.6 Å². The fraction of sp³-hybridized carbons (Fsp3) is 0.231. The van der Waals surface area contributed by atoms with Gasteiger partial charge in [0.1, 0.15) is 12.4 Å². The molecule has 5 nitrogen and oxygen atoms in total. The molecule has 0 bridgehead atoms. The molecule has 4 rings (SSSR count). The number of hydrogen-bond donors (Lipinski definition) is 0. The zero-order valence-corrected chi connectivity index (χ0v) is 17.3. The number of nitrogens with zero attached hydrogens (tertiary/aromatic N) is 1. The highest BCUT2D eigenvalue weighted by atomic mass is 16.5. The lowest BCUT2D eigenvalue weighted by atomic mass is 10.1. The Balaban J connectivity index is 1.27. The van der Waals surface area contributed by atoms with E-state index in [-0.39, 0.29) is 18.3 Å². The molecule has 1 aliphatic rings. The molecule has 3 aromatic rings. The van der Waals surface area contributed by atoms with Gasteiger partial charge in [-0.1, -0.05) is 60.7 Å². The number of esters is 1. The van der Waals surface area contributed by atoms with Gasteiger partial charge in [-0.15, -0.1) is 0 Å². The van der Waals surface area contributed by atoms with Crippen molar-refractivity contribution in [2.24, 2.45) is 5.92 Å². The normalized spacial score (nSPS) is 15.7. The zero-order chi connectivity index (χ0) is 21.5. The molecular formula is C26H25NO4. The summed E-state index contributed by atoms with van der Waals surface area (Å²) >= 11 is 0. The van der Waals surface area contributed by atoms with E-state index in [1.807, 2.05) is 84.9 Å². The lowest BCUT2D eigenvalue weighted by Gasteiger charge is -2.17. The molecule has 1 saturated heterocycles. The molecule has 0 unspecified atom stereocenters. The van der Waals surface area contributed by atoms with Gasteiger partial charge >= 0.3 is 5.97 Å². The summed E-state index contributed by atoms with van der Waals surface area (Å²) in [4.78, 5) is 26.5. The van der Waals surface area contributed by atoms with Crippen LogP contribution in [-0.4, -0.2) is 25.0 Å². The maximum absolute atomic E-state index is 12.5. The highest BCUT2D eigenvalue weighted by Crippen LogP contribution is 2.27. The van der Waals surface area contributed by atoms with Crippen molar-refractivity contribution in [3.8, 4) is 5.75 Å².